The van der Waals surface area contributed by atoms with Crippen LogP contribution in [0.5, 0.6) is 0 Å². The van der Waals surface area contributed by atoms with Gasteiger partial charge in [0.1, 0.15) is 5.78 Å². The molecule has 0 spiro atoms. The van der Waals surface area contributed by atoms with Crippen LogP contribution in [-0.2, 0) is 9.59 Å². The first-order chi connectivity index (χ1) is 10.6. The van der Waals surface area contributed by atoms with E-state index in [4.69, 9.17) is 11.6 Å². The minimum atomic E-state index is -0.554. The van der Waals surface area contributed by atoms with Gasteiger partial charge in [-0.25, -0.2) is 0 Å². The van der Waals surface area contributed by atoms with Crippen molar-refractivity contribution in [2.75, 3.05) is 4.90 Å². The highest BCUT2D eigenvalue weighted by atomic mass is 35.5. The van der Waals surface area contributed by atoms with Crippen LogP contribution >= 0.6 is 11.6 Å². The van der Waals surface area contributed by atoms with Crippen molar-refractivity contribution in [1.82, 2.24) is 0 Å². The van der Waals surface area contributed by atoms with E-state index in [9.17, 15) is 14.4 Å². The van der Waals surface area contributed by atoms with Crippen LogP contribution in [0.1, 0.15) is 29.6 Å². The first-order valence-corrected chi connectivity index (χ1v) is 7.55. The lowest BCUT2D eigenvalue weighted by Gasteiger charge is -2.30. The van der Waals surface area contributed by atoms with Crippen molar-refractivity contribution in [2.45, 2.75) is 25.3 Å². The fourth-order valence-electron chi connectivity index (χ4n) is 3.41. The molecule has 2 aromatic rings. The van der Waals surface area contributed by atoms with Gasteiger partial charge in [-0.1, -0.05) is 23.7 Å². The average Bonchev–Trinajstić information content (AvgIpc) is 2.78. The molecule has 1 aliphatic heterocycles. The van der Waals surface area contributed by atoms with Crippen molar-refractivity contribution in [1.29, 1.82) is 0 Å². The minimum Gasteiger partial charge on any atom is -0.299 e. The van der Waals surface area contributed by atoms with Gasteiger partial charge in [0.05, 0.1) is 18.2 Å². The summed E-state index contributed by atoms with van der Waals surface area (Å²) in [6.07, 6.45) is 0.649. The number of carbonyl (C=O) groups is 3. The van der Waals surface area contributed by atoms with Gasteiger partial charge in [0, 0.05) is 27.8 Å². The highest BCUT2D eigenvalue weighted by Gasteiger charge is 2.40. The quantitative estimate of drug-likeness (QED) is 0.760. The number of hydrogen-bond donors (Lipinski definition) is 0. The monoisotopic (exact) mass is 313 g/mol. The molecule has 1 fully saturated rings. The lowest BCUT2D eigenvalue weighted by Crippen LogP contribution is -2.46. The zero-order chi connectivity index (χ0) is 15.4. The van der Waals surface area contributed by atoms with E-state index in [1.54, 1.807) is 29.2 Å². The zero-order valence-electron chi connectivity index (χ0n) is 11.6. The SMILES string of the molecule is O=C1CCC(N2C(=O)c3cccc4c(Cl)ccc2c34)C(=O)C1. The van der Waals surface area contributed by atoms with Gasteiger partial charge in [-0.2, -0.15) is 0 Å². The van der Waals surface area contributed by atoms with Crippen LogP contribution in [0.2, 0.25) is 5.02 Å². The van der Waals surface area contributed by atoms with E-state index in [-0.39, 0.29) is 23.9 Å². The molecule has 0 saturated heterocycles. The maximum absolute atomic E-state index is 12.8. The molecule has 0 bridgehead atoms. The van der Waals surface area contributed by atoms with Crippen molar-refractivity contribution in [3.63, 3.8) is 0 Å². The molecule has 4 nitrogen and oxygen atoms in total. The highest BCUT2D eigenvalue weighted by molar-refractivity contribution is 6.38. The molecule has 0 radical (unpaired) electrons. The zero-order valence-corrected chi connectivity index (χ0v) is 12.4. The highest BCUT2D eigenvalue weighted by Crippen LogP contribution is 2.42. The fourth-order valence-corrected chi connectivity index (χ4v) is 3.63. The number of hydrogen-bond acceptors (Lipinski definition) is 3. The summed E-state index contributed by atoms with van der Waals surface area (Å²) in [5.41, 5.74) is 1.28. The van der Waals surface area contributed by atoms with Gasteiger partial charge in [-0.15, -0.1) is 0 Å². The van der Waals surface area contributed by atoms with Gasteiger partial charge >= 0.3 is 0 Å². The van der Waals surface area contributed by atoms with Crippen molar-refractivity contribution in [2.24, 2.45) is 0 Å². The standard InChI is InChI=1S/C17H12ClNO3/c18-12-5-7-14-16-10(12)2-1-3-11(16)17(22)19(14)13-6-4-9(20)8-15(13)21/h1-3,5,7,13H,4,6,8H2. The summed E-state index contributed by atoms with van der Waals surface area (Å²) >= 11 is 6.22. The molecule has 2 aliphatic rings. The van der Waals surface area contributed by atoms with Crippen molar-refractivity contribution >= 4 is 45.5 Å². The Bertz CT molecular complexity index is 858. The molecule has 1 saturated carbocycles. The second-order valence-electron chi connectivity index (χ2n) is 5.71. The molecule has 1 amide bonds. The van der Waals surface area contributed by atoms with Crippen LogP contribution in [0.25, 0.3) is 10.8 Å². The number of benzene rings is 2. The predicted molar refractivity (Wildman–Crippen MR) is 83.4 cm³/mol. The Morgan fingerprint density at radius 1 is 1.09 bits per heavy atom. The Labute approximate surface area is 131 Å². The topological polar surface area (TPSA) is 54.5 Å². The molecule has 22 heavy (non-hydrogen) atoms. The van der Waals surface area contributed by atoms with E-state index in [1.807, 2.05) is 6.07 Å². The first kappa shape index (κ1) is 13.5. The first-order valence-electron chi connectivity index (χ1n) is 7.17. The third-order valence-corrected chi connectivity index (χ3v) is 4.76. The Morgan fingerprint density at radius 3 is 2.68 bits per heavy atom. The molecule has 2 aromatic carbocycles. The molecule has 1 atom stereocenters. The van der Waals surface area contributed by atoms with Crippen molar-refractivity contribution in [3.8, 4) is 0 Å². The minimum absolute atomic E-state index is 0.0494. The number of carbonyl (C=O) groups excluding carboxylic acids is 3. The second kappa shape index (κ2) is 4.65. The number of nitrogens with zero attached hydrogens (tertiary/aromatic N) is 1. The van der Waals surface area contributed by atoms with Gasteiger partial charge in [0.25, 0.3) is 5.91 Å². The predicted octanol–water partition coefficient (Wildman–Crippen LogP) is 3.14. The summed E-state index contributed by atoms with van der Waals surface area (Å²) in [5, 5.41) is 2.19. The molecule has 4 rings (SSSR count). The maximum atomic E-state index is 12.8. The number of rotatable bonds is 1. The number of anilines is 1. The van der Waals surface area contributed by atoms with Gasteiger partial charge in [-0.3, -0.25) is 19.3 Å². The number of amides is 1. The van der Waals surface area contributed by atoms with Gasteiger partial charge < -0.3 is 0 Å². The third-order valence-electron chi connectivity index (χ3n) is 4.43. The molecule has 5 heteroatoms. The maximum Gasteiger partial charge on any atom is 0.259 e. The molecular formula is C17H12ClNO3. The Hall–Kier alpha value is -2.20. The Balaban J connectivity index is 1.89. The van der Waals surface area contributed by atoms with E-state index in [0.717, 1.165) is 10.8 Å². The summed E-state index contributed by atoms with van der Waals surface area (Å²) in [6.45, 7) is 0. The molecular weight excluding hydrogens is 302 g/mol. The number of Topliss-reactive ketones (excluding diaryl/α,β-unsaturated/α-hetero) is 2. The second-order valence-corrected chi connectivity index (χ2v) is 6.11. The summed E-state index contributed by atoms with van der Waals surface area (Å²) < 4.78 is 0. The smallest absolute Gasteiger partial charge is 0.259 e. The Kier molecular flexibility index (Phi) is 2.84. The van der Waals surface area contributed by atoms with E-state index >= 15 is 0 Å². The van der Waals surface area contributed by atoms with Crippen LogP contribution < -0.4 is 4.90 Å². The summed E-state index contributed by atoms with van der Waals surface area (Å²) in [4.78, 5) is 38.0. The van der Waals surface area contributed by atoms with Crippen molar-refractivity contribution < 1.29 is 14.4 Å². The van der Waals surface area contributed by atoms with Gasteiger partial charge in [-0.05, 0) is 24.6 Å². The summed E-state index contributed by atoms with van der Waals surface area (Å²) in [5.74, 6) is -0.414. The lowest BCUT2D eigenvalue weighted by molar-refractivity contribution is -0.130. The molecule has 0 N–H and O–H groups in total. The van der Waals surface area contributed by atoms with Gasteiger partial charge in [0.15, 0.2) is 5.78 Å². The Morgan fingerprint density at radius 2 is 1.91 bits per heavy atom. The lowest BCUT2D eigenvalue weighted by atomic mass is 9.91. The van der Waals surface area contributed by atoms with Crippen LogP contribution in [0, 0.1) is 0 Å². The fraction of sp³-hybridized carbons (Fsp3) is 0.235. The normalized spacial score (nSPS) is 21.0. The third kappa shape index (κ3) is 1.74. The molecule has 0 aromatic heterocycles. The van der Waals surface area contributed by atoms with Crippen LogP contribution in [0.15, 0.2) is 30.3 Å². The van der Waals surface area contributed by atoms with Crippen LogP contribution in [0.4, 0.5) is 5.69 Å². The van der Waals surface area contributed by atoms with Gasteiger partial charge in [0.2, 0.25) is 0 Å². The van der Waals surface area contributed by atoms with E-state index in [2.05, 4.69) is 0 Å². The van der Waals surface area contributed by atoms with Crippen LogP contribution in [-0.4, -0.2) is 23.5 Å². The van der Waals surface area contributed by atoms with E-state index < -0.39 is 6.04 Å². The summed E-state index contributed by atoms with van der Waals surface area (Å²) in [6, 6.07) is 8.38. The summed E-state index contributed by atoms with van der Waals surface area (Å²) in [7, 11) is 0. The molecule has 1 aliphatic carbocycles. The van der Waals surface area contributed by atoms with Crippen LogP contribution in [0.3, 0.4) is 0 Å². The van der Waals surface area contributed by atoms with E-state index in [0.29, 0.717) is 29.1 Å². The largest absolute Gasteiger partial charge is 0.299 e. The molecule has 1 heterocycles. The number of halogens is 1. The average molecular weight is 314 g/mol. The van der Waals surface area contributed by atoms with E-state index in [1.165, 1.54) is 0 Å². The molecule has 1 unspecified atom stereocenters. The number of ketones is 2. The molecule has 110 valence electrons. The van der Waals surface area contributed by atoms with Crippen molar-refractivity contribution in [3.05, 3.63) is 40.9 Å².